The molecule has 2 aromatic rings. The van der Waals surface area contributed by atoms with Gasteiger partial charge in [0, 0.05) is 11.6 Å². The van der Waals surface area contributed by atoms with Gasteiger partial charge in [0.05, 0.1) is 5.69 Å². The minimum absolute atomic E-state index is 0.00288. The van der Waals surface area contributed by atoms with Crippen molar-refractivity contribution in [2.24, 2.45) is 0 Å². The van der Waals surface area contributed by atoms with Crippen molar-refractivity contribution >= 4 is 5.91 Å². The summed E-state index contributed by atoms with van der Waals surface area (Å²) in [4.78, 5) is 12.1. The van der Waals surface area contributed by atoms with E-state index in [9.17, 15) is 4.79 Å². The fourth-order valence-corrected chi connectivity index (χ4v) is 2.56. The van der Waals surface area contributed by atoms with Crippen LogP contribution >= 0.6 is 0 Å². The van der Waals surface area contributed by atoms with Gasteiger partial charge in [0.1, 0.15) is 0 Å². The first-order valence-electron chi connectivity index (χ1n) is 6.90. The topological polar surface area (TPSA) is 72.7 Å². The van der Waals surface area contributed by atoms with Gasteiger partial charge in [-0.05, 0) is 54.5 Å². The average molecular weight is 271 g/mol. The summed E-state index contributed by atoms with van der Waals surface area (Å²) in [5, 5.41) is 14.4. The number of carbonyl (C=O) groups is 1. The van der Waals surface area contributed by atoms with E-state index < -0.39 is 0 Å². The Morgan fingerprint density at radius 3 is 2.55 bits per heavy atom. The zero-order valence-corrected chi connectivity index (χ0v) is 11.4. The third-order valence-electron chi connectivity index (χ3n) is 3.69. The van der Waals surface area contributed by atoms with Crippen LogP contribution in [0.1, 0.15) is 41.9 Å². The molecule has 1 amide bonds. The monoisotopic (exact) mass is 271 g/mol. The fraction of sp³-hybridized carbons (Fsp3) is 0.429. The van der Waals surface area contributed by atoms with E-state index in [1.165, 1.54) is 12.8 Å². The summed E-state index contributed by atoms with van der Waals surface area (Å²) in [6.07, 6.45) is 4.60. The highest BCUT2D eigenvalue weighted by Crippen LogP contribution is 2.18. The van der Waals surface area contributed by atoms with Crippen LogP contribution in [0.25, 0.3) is 5.69 Å². The number of aromatic nitrogens is 4. The van der Waals surface area contributed by atoms with Gasteiger partial charge in [-0.15, -0.1) is 5.10 Å². The van der Waals surface area contributed by atoms with Crippen LogP contribution in [0.4, 0.5) is 0 Å². The van der Waals surface area contributed by atoms with E-state index in [4.69, 9.17) is 0 Å². The maximum atomic E-state index is 12.1. The van der Waals surface area contributed by atoms with E-state index in [-0.39, 0.29) is 5.91 Å². The van der Waals surface area contributed by atoms with E-state index in [1.807, 2.05) is 19.1 Å². The Labute approximate surface area is 117 Å². The molecule has 0 atom stereocenters. The van der Waals surface area contributed by atoms with Crippen molar-refractivity contribution in [2.75, 3.05) is 0 Å². The number of hydrogen-bond acceptors (Lipinski definition) is 4. The molecule has 1 aromatic carbocycles. The number of nitrogens with zero attached hydrogens (tertiary/aromatic N) is 4. The highest BCUT2D eigenvalue weighted by molar-refractivity contribution is 5.94. The molecular weight excluding hydrogens is 254 g/mol. The van der Waals surface area contributed by atoms with Crippen LogP contribution in [0, 0.1) is 6.92 Å². The molecule has 1 saturated carbocycles. The number of rotatable bonds is 3. The van der Waals surface area contributed by atoms with Gasteiger partial charge in [-0.2, -0.15) is 4.68 Å². The van der Waals surface area contributed by atoms with E-state index in [1.54, 1.807) is 16.8 Å². The molecule has 1 aromatic heterocycles. The maximum Gasteiger partial charge on any atom is 0.251 e. The lowest BCUT2D eigenvalue weighted by Gasteiger charge is -2.12. The first-order valence-corrected chi connectivity index (χ1v) is 6.90. The van der Waals surface area contributed by atoms with Crippen LogP contribution in [0.15, 0.2) is 24.3 Å². The molecule has 104 valence electrons. The normalized spacial score (nSPS) is 15.4. The van der Waals surface area contributed by atoms with Crippen molar-refractivity contribution in [3.8, 4) is 5.69 Å². The summed E-state index contributed by atoms with van der Waals surface area (Å²) in [7, 11) is 0. The van der Waals surface area contributed by atoms with E-state index in [0.717, 1.165) is 18.5 Å². The molecule has 6 heteroatoms. The first kappa shape index (κ1) is 12.8. The third kappa shape index (κ3) is 2.54. The highest BCUT2D eigenvalue weighted by atomic mass is 16.1. The highest BCUT2D eigenvalue weighted by Gasteiger charge is 2.17. The smallest absolute Gasteiger partial charge is 0.251 e. The number of benzene rings is 1. The number of amides is 1. The van der Waals surface area contributed by atoms with Gasteiger partial charge in [-0.25, -0.2) is 0 Å². The molecule has 0 radical (unpaired) electrons. The quantitative estimate of drug-likeness (QED) is 0.921. The predicted octanol–water partition coefficient (Wildman–Crippen LogP) is 1.64. The van der Waals surface area contributed by atoms with Crippen LogP contribution in [0.2, 0.25) is 0 Å². The molecule has 0 saturated heterocycles. The summed E-state index contributed by atoms with van der Waals surface area (Å²) in [6.45, 7) is 1.83. The fourth-order valence-electron chi connectivity index (χ4n) is 2.56. The van der Waals surface area contributed by atoms with Crippen molar-refractivity contribution in [3.05, 3.63) is 35.7 Å². The van der Waals surface area contributed by atoms with Crippen molar-refractivity contribution in [1.82, 2.24) is 25.5 Å². The largest absolute Gasteiger partial charge is 0.349 e. The maximum absolute atomic E-state index is 12.1. The van der Waals surface area contributed by atoms with Crippen molar-refractivity contribution < 1.29 is 4.79 Å². The summed E-state index contributed by atoms with van der Waals surface area (Å²) in [5.41, 5.74) is 1.52. The molecular formula is C14H17N5O. The Balaban J connectivity index is 1.72. The second-order valence-corrected chi connectivity index (χ2v) is 5.14. The number of tetrazole rings is 1. The average Bonchev–Trinajstić information content (AvgIpc) is 3.10. The zero-order valence-electron chi connectivity index (χ0n) is 11.4. The van der Waals surface area contributed by atoms with Gasteiger partial charge < -0.3 is 5.32 Å². The molecule has 0 unspecified atom stereocenters. The second-order valence-electron chi connectivity index (χ2n) is 5.14. The van der Waals surface area contributed by atoms with Crippen LogP contribution in [-0.4, -0.2) is 32.2 Å². The van der Waals surface area contributed by atoms with Crippen LogP contribution in [0.3, 0.4) is 0 Å². The number of nitrogens with one attached hydrogen (secondary N) is 1. The molecule has 0 bridgehead atoms. The minimum atomic E-state index is -0.00288. The molecule has 1 N–H and O–H groups in total. The third-order valence-corrected chi connectivity index (χ3v) is 3.69. The Kier molecular flexibility index (Phi) is 3.45. The Morgan fingerprint density at radius 1 is 1.25 bits per heavy atom. The van der Waals surface area contributed by atoms with Crippen molar-refractivity contribution in [1.29, 1.82) is 0 Å². The summed E-state index contributed by atoms with van der Waals surface area (Å²) < 4.78 is 1.64. The van der Waals surface area contributed by atoms with E-state index >= 15 is 0 Å². The molecule has 1 aliphatic carbocycles. The molecule has 0 spiro atoms. The van der Waals surface area contributed by atoms with Gasteiger partial charge in [-0.1, -0.05) is 12.8 Å². The lowest BCUT2D eigenvalue weighted by atomic mass is 10.1. The molecule has 1 fully saturated rings. The summed E-state index contributed by atoms with van der Waals surface area (Å²) in [5.74, 6) is 0.713. The zero-order chi connectivity index (χ0) is 13.9. The lowest BCUT2D eigenvalue weighted by molar-refractivity contribution is 0.0938. The van der Waals surface area contributed by atoms with Crippen LogP contribution in [0.5, 0.6) is 0 Å². The van der Waals surface area contributed by atoms with Crippen molar-refractivity contribution in [2.45, 2.75) is 38.6 Å². The molecule has 1 heterocycles. The first-order chi connectivity index (χ1) is 9.74. The molecule has 0 aliphatic heterocycles. The van der Waals surface area contributed by atoms with Crippen molar-refractivity contribution in [3.63, 3.8) is 0 Å². The van der Waals surface area contributed by atoms with Gasteiger partial charge >= 0.3 is 0 Å². The second kappa shape index (κ2) is 5.40. The Hall–Kier alpha value is -2.24. The van der Waals surface area contributed by atoms with Gasteiger partial charge in [-0.3, -0.25) is 4.79 Å². The van der Waals surface area contributed by atoms with Crippen LogP contribution in [-0.2, 0) is 0 Å². The number of carbonyl (C=O) groups excluding carboxylic acids is 1. The van der Waals surface area contributed by atoms with E-state index in [0.29, 0.717) is 17.4 Å². The lowest BCUT2D eigenvalue weighted by Crippen LogP contribution is -2.32. The van der Waals surface area contributed by atoms with Crippen LogP contribution < -0.4 is 5.32 Å². The van der Waals surface area contributed by atoms with Gasteiger partial charge in [0.25, 0.3) is 5.91 Å². The number of aryl methyl sites for hydroxylation is 1. The Morgan fingerprint density at radius 2 is 1.95 bits per heavy atom. The predicted molar refractivity (Wildman–Crippen MR) is 73.6 cm³/mol. The molecule has 20 heavy (non-hydrogen) atoms. The number of hydrogen-bond donors (Lipinski definition) is 1. The molecule has 6 nitrogen and oxygen atoms in total. The standard InChI is InChI=1S/C14H17N5O/c1-10-16-17-18-19(10)13-8-6-11(7-9-13)14(20)15-12-4-2-3-5-12/h6-9,12H,2-5H2,1H3,(H,15,20). The van der Waals surface area contributed by atoms with E-state index in [2.05, 4.69) is 20.8 Å². The van der Waals surface area contributed by atoms with Gasteiger partial charge in [0.15, 0.2) is 5.82 Å². The SMILES string of the molecule is Cc1nnnn1-c1ccc(C(=O)NC2CCCC2)cc1. The minimum Gasteiger partial charge on any atom is -0.349 e. The Bertz CT molecular complexity index is 598. The molecule has 1 aliphatic rings. The summed E-state index contributed by atoms with van der Waals surface area (Å²) in [6, 6.07) is 7.66. The van der Waals surface area contributed by atoms with Gasteiger partial charge in [0.2, 0.25) is 0 Å². The molecule has 3 rings (SSSR count). The summed E-state index contributed by atoms with van der Waals surface area (Å²) >= 11 is 0.